The molecule has 0 spiro atoms. The third-order valence-electron chi connectivity index (χ3n) is 2.87. The predicted octanol–water partition coefficient (Wildman–Crippen LogP) is 2.20. The number of primary sulfonamides is 1. The molecule has 124 valence electrons. The molecule has 0 bridgehead atoms. The highest BCUT2D eigenvalue weighted by atomic mass is 32.2. The van der Waals surface area contributed by atoms with Gasteiger partial charge in [-0.3, -0.25) is 4.79 Å². The predicted molar refractivity (Wildman–Crippen MR) is 90.6 cm³/mol. The van der Waals surface area contributed by atoms with Gasteiger partial charge in [0, 0.05) is 23.4 Å². The van der Waals surface area contributed by atoms with E-state index in [0.717, 1.165) is 11.3 Å². The Morgan fingerprint density at radius 1 is 1.35 bits per heavy atom. The third-order valence-corrected chi connectivity index (χ3v) is 6.26. The summed E-state index contributed by atoms with van der Waals surface area (Å²) in [6, 6.07) is 7.81. The van der Waals surface area contributed by atoms with Crippen LogP contribution in [0.5, 0.6) is 0 Å². The molecule has 0 aliphatic heterocycles. The average Bonchev–Trinajstić information content (AvgIpc) is 2.98. The molecule has 1 aromatic carbocycles. The van der Waals surface area contributed by atoms with Crippen molar-refractivity contribution in [2.45, 2.75) is 9.96 Å². The molecule has 5 nitrogen and oxygen atoms in total. The second kappa shape index (κ2) is 7.91. The molecule has 0 saturated heterocycles. The lowest BCUT2D eigenvalue weighted by Gasteiger charge is -2.05. The number of hydrogen-bond acceptors (Lipinski definition) is 5. The van der Waals surface area contributed by atoms with Crippen molar-refractivity contribution >= 4 is 39.0 Å². The fraction of sp³-hybridized carbons (Fsp3) is 0.214. The fourth-order valence-corrected chi connectivity index (χ4v) is 4.15. The van der Waals surface area contributed by atoms with Gasteiger partial charge in [0.25, 0.3) is 5.91 Å². The lowest BCUT2D eigenvalue weighted by atomic mass is 10.2. The lowest BCUT2D eigenvalue weighted by molar-refractivity contribution is 0.0956. The molecular weight excluding hydrogens is 359 g/mol. The number of amides is 1. The number of thiophene rings is 1. The molecule has 1 amide bonds. The number of hydrogen-bond donors (Lipinski definition) is 2. The van der Waals surface area contributed by atoms with Crippen molar-refractivity contribution in [3.63, 3.8) is 0 Å². The van der Waals surface area contributed by atoms with Crippen LogP contribution in [0.25, 0.3) is 0 Å². The van der Waals surface area contributed by atoms with Crippen LogP contribution < -0.4 is 10.5 Å². The lowest BCUT2D eigenvalue weighted by Crippen LogP contribution is -2.25. The highest BCUT2D eigenvalue weighted by molar-refractivity contribution is 7.98. The van der Waals surface area contributed by atoms with E-state index in [1.54, 1.807) is 18.2 Å². The number of thioether (sulfide) groups is 1. The summed E-state index contributed by atoms with van der Waals surface area (Å²) >= 11 is 2.41. The minimum absolute atomic E-state index is 0.0448. The molecule has 0 aliphatic carbocycles. The first-order valence-electron chi connectivity index (χ1n) is 6.58. The van der Waals surface area contributed by atoms with Crippen molar-refractivity contribution in [3.05, 3.63) is 52.7 Å². The van der Waals surface area contributed by atoms with Crippen molar-refractivity contribution in [2.24, 2.45) is 5.14 Å². The Hall–Kier alpha value is -1.42. The molecular formula is C14H15FN2O3S3. The summed E-state index contributed by atoms with van der Waals surface area (Å²) in [5.41, 5.74) is 0.887. The van der Waals surface area contributed by atoms with Crippen LogP contribution in [0.1, 0.15) is 15.9 Å². The van der Waals surface area contributed by atoms with E-state index in [2.05, 4.69) is 5.32 Å². The van der Waals surface area contributed by atoms with E-state index >= 15 is 0 Å². The molecule has 9 heteroatoms. The van der Waals surface area contributed by atoms with Gasteiger partial charge in [-0.1, -0.05) is 18.2 Å². The van der Waals surface area contributed by atoms with Gasteiger partial charge in [0.1, 0.15) is 10.0 Å². The molecule has 3 N–H and O–H groups in total. The van der Waals surface area contributed by atoms with Crippen LogP contribution in [0.2, 0.25) is 0 Å². The molecule has 2 aromatic rings. The number of benzene rings is 1. The van der Waals surface area contributed by atoms with Gasteiger partial charge in [0.2, 0.25) is 10.0 Å². The monoisotopic (exact) mass is 374 g/mol. The normalized spacial score (nSPS) is 11.4. The van der Waals surface area contributed by atoms with Crippen molar-refractivity contribution in [3.8, 4) is 0 Å². The van der Waals surface area contributed by atoms with Gasteiger partial charge in [-0.25, -0.2) is 17.9 Å². The second-order valence-corrected chi connectivity index (χ2v) is 8.40. The maximum atomic E-state index is 13.4. The smallest absolute Gasteiger partial charge is 0.252 e. The Morgan fingerprint density at radius 3 is 2.74 bits per heavy atom. The van der Waals surface area contributed by atoms with Crippen LogP contribution in [-0.4, -0.2) is 26.6 Å². The van der Waals surface area contributed by atoms with Crippen molar-refractivity contribution in [1.29, 1.82) is 0 Å². The molecule has 0 atom stereocenters. The highest BCUT2D eigenvalue weighted by Crippen LogP contribution is 2.19. The Labute approximate surface area is 142 Å². The quantitative estimate of drug-likeness (QED) is 0.727. The molecule has 0 unspecified atom stereocenters. The Bertz CT molecular complexity index is 790. The zero-order chi connectivity index (χ0) is 16.9. The van der Waals surface area contributed by atoms with E-state index in [0.29, 0.717) is 23.6 Å². The van der Waals surface area contributed by atoms with Gasteiger partial charge in [-0.2, -0.15) is 11.8 Å². The van der Waals surface area contributed by atoms with E-state index in [9.17, 15) is 17.6 Å². The van der Waals surface area contributed by atoms with Crippen molar-refractivity contribution in [1.82, 2.24) is 5.32 Å². The minimum Gasteiger partial charge on any atom is -0.351 e. The topological polar surface area (TPSA) is 89.3 Å². The van der Waals surface area contributed by atoms with E-state index in [4.69, 9.17) is 5.14 Å². The van der Waals surface area contributed by atoms with Crippen LogP contribution in [0, 0.1) is 5.82 Å². The maximum Gasteiger partial charge on any atom is 0.252 e. The highest BCUT2D eigenvalue weighted by Gasteiger charge is 2.14. The molecule has 0 radical (unpaired) electrons. The Morgan fingerprint density at radius 2 is 2.09 bits per heavy atom. The number of nitrogens with one attached hydrogen (secondary N) is 1. The number of carbonyl (C=O) groups excluding carboxylic acids is 1. The SMILES string of the molecule is NS(=O)(=O)c1cc(C(=O)NCCSCc2ccccc2F)cs1. The van der Waals surface area contributed by atoms with Crippen LogP contribution in [0.15, 0.2) is 39.9 Å². The standard InChI is InChI=1S/C14H15FN2O3S3/c15-12-4-2-1-3-10(12)8-21-6-5-17-14(18)11-7-13(22-9-11)23(16,19)20/h1-4,7,9H,5-6,8H2,(H,17,18)(H2,16,19,20). The summed E-state index contributed by atoms with van der Waals surface area (Å²) < 4.78 is 35.7. The minimum atomic E-state index is -3.78. The molecule has 0 fully saturated rings. The number of nitrogens with two attached hydrogens (primary N) is 1. The number of carbonyl (C=O) groups is 1. The second-order valence-electron chi connectivity index (χ2n) is 4.60. The van der Waals surface area contributed by atoms with E-state index < -0.39 is 10.0 Å². The number of sulfonamides is 1. The largest absolute Gasteiger partial charge is 0.351 e. The van der Waals surface area contributed by atoms with Gasteiger partial charge >= 0.3 is 0 Å². The van der Waals surface area contributed by atoms with Gasteiger partial charge in [0.05, 0.1) is 5.56 Å². The number of rotatable bonds is 7. The van der Waals surface area contributed by atoms with Crippen LogP contribution in [0.3, 0.4) is 0 Å². The summed E-state index contributed by atoms with van der Waals surface area (Å²) in [4.78, 5) is 11.9. The van der Waals surface area contributed by atoms with Crippen LogP contribution in [0.4, 0.5) is 4.39 Å². The first kappa shape index (κ1) is 17.9. The molecule has 1 aromatic heterocycles. The zero-order valence-electron chi connectivity index (χ0n) is 12.0. The molecule has 1 heterocycles. The molecule has 0 aliphatic rings. The summed E-state index contributed by atoms with van der Waals surface area (Å²) in [7, 11) is -3.78. The van der Waals surface area contributed by atoms with Crippen LogP contribution >= 0.6 is 23.1 Å². The molecule has 2 rings (SSSR count). The Balaban J connectivity index is 1.75. The number of halogens is 1. The maximum absolute atomic E-state index is 13.4. The zero-order valence-corrected chi connectivity index (χ0v) is 14.4. The van der Waals surface area contributed by atoms with E-state index in [1.807, 2.05) is 0 Å². The summed E-state index contributed by atoms with van der Waals surface area (Å²) in [6.07, 6.45) is 0. The summed E-state index contributed by atoms with van der Waals surface area (Å²) in [5, 5.41) is 9.12. The average molecular weight is 374 g/mol. The van der Waals surface area contributed by atoms with Crippen molar-refractivity contribution < 1.29 is 17.6 Å². The summed E-state index contributed by atoms with van der Waals surface area (Å²) in [6.45, 7) is 0.401. The van der Waals surface area contributed by atoms with Gasteiger partial charge in [-0.05, 0) is 17.7 Å². The summed E-state index contributed by atoms with van der Waals surface area (Å²) in [5.74, 6) is 0.545. The first-order chi connectivity index (χ1) is 10.9. The molecule has 0 saturated carbocycles. The van der Waals surface area contributed by atoms with Gasteiger partial charge in [0.15, 0.2) is 0 Å². The van der Waals surface area contributed by atoms with Gasteiger partial charge in [-0.15, -0.1) is 11.3 Å². The fourth-order valence-electron chi connectivity index (χ4n) is 1.72. The van der Waals surface area contributed by atoms with Crippen molar-refractivity contribution in [2.75, 3.05) is 12.3 Å². The molecule has 23 heavy (non-hydrogen) atoms. The Kier molecular flexibility index (Phi) is 6.17. The van der Waals surface area contributed by atoms with E-state index in [1.165, 1.54) is 29.3 Å². The first-order valence-corrected chi connectivity index (χ1v) is 10.2. The third kappa shape index (κ3) is 5.31. The van der Waals surface area contributed by atoms with Gasteiger partial charge < -0.3 is 5.32 Å². The van der Waals surface area contributed by atoms with E-state index in [-0.39, 0.29) is 21.5 Å². The van der Waals surface area contributed by atoms with Crippen LogP contribution in [-0.2, 0) is 15.8 Å².